The molecule has 0 saturated carbocycles. The normalized spacial score (nSPS) is 13.4. The first-order valence-electron chi connectivity index (χ1n) is 15.5. The van der Waals surface area contributed by atoms with Crippen LogP contribution in [0.3, 0.4) is 0 Å². The second kappa shape index (κ2) is 32.0. The summed E-state index contributed by atoms with van der Waals surface area (Å²) < 4.78 is 10.9. The molecule has 0 aliphatic carbocycles. The van der Waals surface area contributed by atoms with Crippen molar-refractivity contribution in [3.63, 3.8) is 0 Å². The van der Waals surface area contributed by atoms with Crippen molar-refractivity contribution < 1.29 is 19.4 Å². The number of unbranched alkanes of at least 4 members (excludes halogenated alkanes) is 7. The van der Waals surface area contributed by atoms with Gasteiger partial charge in [0, 0.05) is 13.0 Å². The number of rotatable bonds is 27. The van der Waals surface area contributed by atoms with E-state index in [9.17, 15) is 9.90 Å². The third-order valence-electron chi connectivity index (χ3n) is 6.05. The van der Waals surface area contributed by atoms with E-state index in [0.717, 1.165) is 83.5 Å². The second-order valence-corrected chi connectivity index (χ2v) is 9.80. The molecule has 0 bridgehead atoms. The molecule has 4 heteroatoms. The summed E-state index contributed by atoms with van der Waals surface area (Å²) in [5.74, 6) is -0.231. The lowest BCUT2D eigenvalue weighted by molar-refractivity contribution is -0.154. The SMILES string of the molecule is CC/C=C\C/C=C\C/C=C\C/C=C\C/C=C\C/C=C\CCCCCOCC(CO)OC(=O)CCCCCCC. The number of carbonyl (C=O) groups excluding carboxylic acids is 1. The Labute approximate surface area is 240 Å². The zero-order valence-corrected chi connectivity index (χ0v) is 25.1. The first-order chi connectivity index (χ1) is 19.2. The number of allylic oxidation sites excluding steroid dienone is 12. The summed E-state index contributed by atoms with van der Waals surface area (Å²) in [6, 6.07) is 0. The van der Waals surface area contributed by atoms with E-state index in [0.29, 0.717) is 13.0 Å². The molecule has 0 heterocycles. The van der Waals surface area contributed by atoms with Crippen LogP contribution in [-0.2, 0) is 14.3 Å². The van der Waals surface area contributed by atoms with Gasteiger partial charge in [-0.3, -0.25) is 4.79 Å². The predicted molar refractivity (Wildman–Crippen MR) is 168 cm³/mol. The fourth-order valence-corrected chi connectivity index (χ4v) is 3.74. The minimum atomic E-state index is -0.549. The largest absolute Gasteiger partial charge is 0.457 e. The lowest BCUT2D eigenvalue weighted by atomic mass is 10.1. The average Bonchev–Trinajstić information content (AvgIpc) is 2.94. The number of carbonyl (C=O) groups is 1. The van der Waals surface area contributed by atoms with E-state index >= 15 is 0 Å². The second-order valence-electron chi connectivity index (χ2n) is 9.80. The first kappa shape index (κ1) is 36.8. The summed E-state index contributed by atoms with van der Waals surface area (Å²) in [6.07, 6.45) is 42.5. The summed E-state index contributed by atoms with van der Waals surface area (Å²) in [7, 11) is 0. The van der Waals surface area contributed by atoms with Gasteiger partial charge in [0.1, 0.15) is 6.10 Å². The van der Waals surface area contributed by atoms with Gasteiger partial charge in [0.2, 0.25) is 0 Å². The van der Waals surface area contributed by atoms with Crippen LogP contribution in [0.4, 0.5) is 0 Å². The van der Waals surface area contributed by atoms with Crippen LogP contribution in [0, 0.1) is 0 Å². The monoisotopic (exact) mass is 542 g/mol. The number of aliphatic hydroxyl groups excluding tert-OH is 1. The molecule has 1 unspecified atom stereocenters. The number of aliphatic hydroxyl groups is 1. The van der Waals surface area contributed by atoms with Gasteiger partial charge in [0.25, 0.3) is 0 Å². The van der Waals surface area contributed by atoms with Crippen molar-refractivity contribution in [3.05, 3.63) is 72.9 Å². The van der Waals surface area contributed by atoms with Crippen molar-refractivity contribution >= 4 is 5.97 Å². The summed E-state index contributed by atoms with van der Waals surface area (Å²) in [4.78, 5) is 11.9. The van der Waals surface area contributed by atoms with Crippen molar-refractivity contribution in [2.75, 3.05) is 19.8 Å². The Morgan fingerprint density at radius 3 is 1.69 bits per heavy atom. The Morgan fingerprint density at radius 2 is 1.15 bits per heavy atom. The van der Waals surface area contributed by atoms with Gasteiger partial charge in [-0.05, 0) is 64.2 Å². The van der Waals surface area contributed by atoms with Gasteiger partial charge < -0.3 is 14.6 Å². The van der Waals surface area contributed by atoms with E-state index in [1.807, 2.05) is 0 Å². The lowest BCUT2D eigenvalue weighted by Gasteiger charge is -2.15. The van der Waals surface area contributed by atoms with Crippen LogP contribution < -0.4 is 0 Å². The topological polar surface area (TPSA) is 55.8 Å². The van der Waals surface area contributed by atoms with Crippen molar-refractivity contribution in [2.45, 2.75) is 123 Å². The third-order valence-corrected chi connectivity index (χ3v) is 6.05. The predicted octanol–water partition coefficient (Wildman–Crippen LogP) is 9.53. The quantitative estimate of drug-likeness (QED) is 0.0638. The molecule has 0 aromatic carbocycles. The smallest absolute Gasteiger partial charge is 0.306 e. The summed E-state index contributed by atoms with van der Waals surface area (Å²) >= 11 is 0. The van der Waals surface area contributed by atoms with Crippen LogP contribution in [0.1, 0.15) is 117 Å². The standard InChI is InChI=1S/C35H58O4/c1-3-5-7-9-10-11-12-13-14-15-16-17-18-19-20-21-22-23-24-25-27-29-31-38-33-34(32-36)39-35(37)30-28-26-8-6-4-2/h5,7,10-11,13-14,16-17,19-20,22-23,34,36H,3-4,6,8-9,12,15,18,21,24-33H2,1-2H3/b7-5-,11-10-,14-13-,17-16-,20-19-,23-22-. The maximum absolute atomic E-state index is 11.9. The molecule has 0 saturated heterocycles. The van der Waals surface area contributed by atoms with E-state index < -0.39 is 6.10 Å². The Balaban J connectivity index is 3.58. The highest BCUT2D eigenvalue weighted by atomic mass is 16.6. The van der Waals surface area contributed by atoms with Crippen LogP contribution in [0.15, 0.2) is 72.9 Å². The molecule has 0 amide bonds. The van der Waals surface area contributed by atoms with Gasteiger partial charge in [0.05, 0.1) is 13.2 Å². The number of ether oxygens (including phenoxy) is 2. The minimum absolute atomic E-state index is 0.190. The molecular weight excluding hydrogens is 484 g/mol. The highest BCUT2D eigenvalue weighted by molar-refractivity contribution is 5.69. The summed E-state index contributed by atoms with van der Waals surface area (Å²) in [5, 5.41) is 9.42. The van der Waals surface area contributed by atoms with Gasteiger partial charge in [0.15, 0.2) is 0 Å². The molecule has 0 aliphatic rings. The Kier molecular flexibility index (Phi) is 30.3. The third kappa shape index (κ3) is 30.2. The van der Waals surface area contributed by atoms with Crippen molar-refractivity contribution in [3.8, 4) is 0 Å². The molecule has 0 radical (unpaired) electrons. The summed E-state index contributed by atoms with van der Waals surface area (Å²) in [5.41, 5.74) is 0. The highest BCUT2D eigenvalue weighted by Crippen LogP contribution is 2.08. The van der Waals surface area contributed by atoms with Crippen LogP contribution in [0.5, 0.6) is 0 Å². The zero-order chi connectivity index (χ0) is 28.5. The Bertz CT molecular complexity index is 699. The fraction of sp³-hybridized carbons (Fsp3) is 0.629. The van der Waals surface area contributed by atoms with Crippen molar-refractivity contribution in [2.24, 2.45) is 0 Å². The minimum Gasteiger partial charge on any atom is -0.457 e. The summed E-state index contributed by atoms with van der Waals surface area (Å²) in [6.45, 7) is 5.04. The van der Waals surface area contributed by atoms with Gasteiger partial charge in [-0.1, -0.05) is 119 Å². The molecule has 0 aromatic heterocycles. The molecule has 0 aliphatic heterocycles. The van der Waals surface area contributed by atoms with Crippen LogP contribution in [0.2, 0.25) is 0 Å². The zero-order valence-electron chi connectivity index (χ0n) is 25.1. The van der Waals surface area contributed by atoms with Gasteiger partial charge in [-0.25, -0.2) is 0 Å². The molecule has 0 fully saturated rings. The molecule has 1 atom stereocenters. The maximum atomic E-state index is 11.9. The van der Waals surface area contributed by atoms with E-state index in [1.54, 1.807) is 0 Å². The van der Waals surface area contributed by atoms with Crippen molar-refractivity contribution in [1.29, 1.82) is 0 Å². The van der Waals surface area contributed by atoms with Crippen LogP contribution in [-0.4, -0.2) is 37.0 Å². The molecule has 4 nitrogen and oxygen atoms in total. The molecule has 1 N–H and O–H groups in total. The van der Waals surface area contributed by atoms with Crippen LogP contribution >= 0.6 is 0 Å². The van der Waals surface area contributed by atoms with E-state index in [4.69, 9.17) is 9.47 Å². The number of esters is 1. The molecule has 0 spiro atoms. The van der Waals surface area contributed by atoms with Crippen molar-refractivity contribution in [1.82, 2.24) is 0 Å². The molecular formula is C35H58O4. The Hall–Kier alpha value is -2.17. The van der Waals surface area contributed by atoms with Gasteiger partial charge in [-0.15, -0.1) is 0 Å². The number of hydrogen-bond donors (Lipinski definition) is 1. The number of hydrogen-bond acceptors (Lipinski definition) is 4. The fourth-order valence-electron chi connectivity index (χ4n) is 3.74. The van der Waals surface area contributed by atoms with Gasteiger partial charge in [-0.2, -0.15) is 0 Å². The van der Waals surface area contributed by atoms with Gasteiger partial charge >= 0.3 is 5.97 Å². The highest BCUT2D eigenvalue weighted by Gasteiger charge is 2.13. The van der Waals surface area contributed by atoms with Crippen LogP contribution in [0.25, 0.3) is 0 Å². The lowest BCUT2D eigenvalue weighted by Crippen LogP contribution is -2.27. The first-order valence-corrected chi connectivity index (χ1v) is 15.5. The molecule has 0 rings (SSSR count). The molecule has 39 heavy (non-hydrogen) atoms. The molecule has 0 aromatic rings. The average molecular weight is 543 g/mol. The van der Waals surface area contributed by atoms with E-state index in [2.05, 4.69) is 86.8 Å². The maximum Gasteiger partial charge on any atom is 0.306 e. The van der Waals surface area contributed by atoms with E-state index in [-0.39, 0.29) is 19.2 Å². The van der Waals surface area contributed by atoms with E-state index in [1.165, 1.54) is 12.8 Å². The molecule has 222 valence electrons. The Morgan fingerprint density at radius 1 is 0.641 bits per heavy atom.